The molecule has 0 atom stereocenters. The molecular formula is C9H8F2N2O4. The molecule has 6 nitrogen and oxygen atoms in total. The quantitative estimate of drug-likeness (QED) is 0.644. The van der Waals surface area contributed by atoms with Crippen LogP contribution in [0.3, 0.4) is 0 Å². The van der Waals surface area contributed by atoms with Gasteiger partial charge < -0.3 is 10.1 Å². The zero-order valence-corrected chi connectivity index (χ0v) is 8.70. The SMILES string of the molecule is COCC(=O)Nc1cc([N+](=O)[O-])c(F)cc1F. The zero-order valence-electron chi connectivity index (χ0n) is 8.70. The average molecular weight is 246 g/mol. The standard InChI is InChI=1S/C9H8F2N2O4/c1-17-4-9(14)12-7-3-8(13(15)16)6(11)2-5(7)10/h2-3H,4H2,1H3,(H,12,14). The van der Waals surface area contributed by atoms with Gasteiger partial charge in [0.15, 0.2) is 0 Å². The smallest absolute Gasteiger partial charge is 0.307 e. The minimum absolute atomic E-state index is 0.334. The monoisotopic (exact) mass is 246 g/mol. The van der Waals surface area contributed by atoms with Crippen molar-refractivity contribution in [1.82, 2.24) is 0 Å². The van der Waals surface area contributed by atoms with Crippen LogP contribution in [0.15, 0.2) is 12.1 Å². The Bertz CT molecular complexity index is 465. The highest BCUT2D eigenvalue weighted by molar-refractivity contribution is 5.92. The minimum Gasteiger partial charge on any atom is -0.375 e. The number of ether oxygens (including phenoxy) is 1. The molecule has 0 fully saturated rings. The second-order valence-corrected chi connectivity index (χ2v) is 3.02. The number of hydrogen-bond donors (Lipinski definition) is 1. The van der Waals surface area contributed by atoms with Crippen molar-refractivity contribution in [3.05, 3.63) is 33.9 Å². The Kier molecular flexibility index (Phi) is 4.05. The molecule has 0 aliphatic rings. The maximum Gasteiger partial charge on any atom is 0.307 e. The van der Waals surface area contributed by atoms with E-state index in [2.05, 4.69) is 4.74 Å². The van der Waals surface area contributed by atoms with Crippen LogP contribution in [-0.4, -0.2) is 24.5 Å². The molecule has 0 aromatic heterocycles. The van der Waals surface area contributed by atoms with Crippen molar-refractivity contribution in [2.24, 2.45) is 0 Å². The van der Waals surface area contributed by atoms with Crippen molar-refractivity contribution in [3.8, 4) is 0 Å². The lowest BCUT2D eigenvalue weighted by atomic mass is 10.2. The van der Waals surface area contributed by atoms with Gasteiger partial charge in [0.1, 0.15) is 12.4 Å². The first kappa shape index (κ1) is 13.0. The summed E-state index contributed by atoms with van der Waals surface area (Å²) in [7, 11) is 1.25. The molecule has 0 heterocycles. The van der Waals surface area contributed by atoms with E-state index in [1.54, 1.807) is 0 Å². The Balaban J connectivity index is 3.03. The van der Waals surface area contributed by atoms with E-state index in [-0.39, 0.29) is 6.61 Å². The maximum absolute atomic E-state index is 13.2. The van der Waals surface area contributed by atoms with Gasteiger partial charge in [0.25, 0.3) is 0 Å². The summed E-state index contributed by atoms with van der Waals surface area (Å²) in [5, 5.41) is 12.4. The Hall–Kier alpha value is -2.09. The second kappa shape index (κ2) is 5.30. The number of nitro groups is 1. The molecule has 0 radical (unpaired) electrons. The van der Waals surface area contributed by atoms with Crippen LogP contribution < -0.4 is 5.32 Å². The van der Waals surface area contributed by atoms with Gasteiger partial charge in [-0.2, -0.15) is 4.39 Å². The van der Waals surface area contributed by atoms with Gasteiger partial charge in [-0.15, -0.1) is 0 Å². The number of carbonyl (C=O) groups is 1. The van der Waals surface area contributed by atoms with E-state index in [0.717, 1.165) is 0 Å². The lowest BCUT2D eigenvalue weighted by Crippen LogP contribution is -2.18. The number of amides is 1. The van der Waals surface area contributed by atoms with E-state index >= 15 is 0 Å². The summed E-state index contributed by atoms with van der Waals surface area (Å²) in [5.74, 6) is -3.11. The Morgan fingerprint density at radius 2 is 2.12 bits per heavy atom. The van der Waals surface area contributed by atoms with Gasteiger partial charge >= 0.3 is 5.69 Å². The summed E-state index contributed by atoms with van der Waals surface area (Å²) < 4.78 is 30.6. The lowest BCUT2D eigenvalue weighted by molar-refractivity contribution is -0.387. The molecular weight excluding hydrogens is 238 g/mol. The first-order valence-corrected chi connectivity index (χ1v) is 4.38. The van der Waals surface area contributed by atoms with Gasteiger partial charge in [-0.3, -0.25) is 14.9 Å². The molecule has 0 spiro atoms. The number of halogens is 2. The lowest BCUT2D eigenvalue weighted by Gasteiger charge is -2.05. The van der Waals surface area contributed by atoms with Crippen LogP contribution in [0.5, 0.6) is 0 Å². The van der Waals surface area contributed by atoms with Crippen LogP contribution in [0.25, 0.3) is 0 Å². The van der Waals surface area contributed by atoms with Crippen LogP contribution in [-0.2, 0) is 9.53 Å². The number of carbonyl (C=O) groups excluding carboxylic acids is 1. The maximum atomic E-state index is 13.2. The van der Waals surface area contributed by atoms with Gasteiger partial charge in [0.05, 0.1) is 10.6 Å². The molecule has 1 aromatic carbocycles. The van der Waals surface area contributed by atoms with E-state index in [9.17, 15) is 23.7 Å². The van der Waals surface area contributed by atoms with Gasteiger partial charge in [-0.05, 0) is 0 Å². The van der Waals surface area contributed by atoms with Crippen molar-refractivity contribution >= 4 is 17.3 Å². The van der Waals surface area contributed by atoms with E-state index in [1.165, 1.54) is 7.11 Å². The highest BCUT2D eigenvalue weighted by Crippen LogP contribution is 2.24. The van der Waals surface area contributed by atoms with E-state index in [4.69, 9.17) is 0 Å². The molecule has 0 bridgehead atoms. The average Bonchev–Trinajstić information content (AvgIpc) is 2.21. The van der Waals surface area contributed by atoms with Crippen molar-refractivity contribution in [2.75, 3.05) is 19.0 Å². The number of hydrogen-bond acceptors (Lipinski definition) is 4. The van der Waals surface area contributed by atoms with Crippen LogP contribution in [0, 0.1) is 21.7 Å². The Morgan fingerprint density at radius 1 is 1.47 bits per heavy atom. The fourth-order valence-electron chi connectivity index (χ4n) is 1.09. The van der Waals surface area contributed by atoms with Crippen LogP contribution in [0.2, 0.25) is 0 Å². The van der Waals surface area contributed by atoms with E-state index in [0.29, 0.717) is 12.1 Å². The van der Waals surface area contributed by atoms with E-state index in [1.807, 2.05) is 5.32 Å². The first-order valence-electron chi connectivity index (χ1n) is 4.38. The van der Waals surface area contributed by atoms with Crippen LogP contribution >= 0.6 is 0 Å². The number of anilines is 1. The topological polar surface area (TPSA) is 81.5 Å². The number of nitro benzene ring substituents is 1. The number of methoxy groups -OCH3 is 1. The van der Waals surface area contributed by atoms with Crippen LogP contribution in [0.1, 0.15) is 0 Å². The van der Waals surface area contributed by atoms with Crippen molar-refractivity contribution in [1.29, 1.82) is 0 Å². The molecule has 0 saturated carbocycles. The molecule has 0 aliphatic carbocycles. The fourth-order valence-corrected chi connectivity index (χ4v) is 1.09. The molecule has 1 N–H and O–H groups in total. The van der Waals surface area contributed by atoms with Crippen molar-refractivity contribution in [3.63, 3.8) is 0 Å². The number of nitrogens with one attached hydrogen (secondary N) is 1. The molecule has 1 rings (SSSR count). The predicted molar refractivity (Wildman–Crippen MR) is 53.5 cm³/mol. The highest BCUT2D eigenvalue weighted by atomic mass is 19.1. The molecule has 0 unspecified atom stereocenters. The number of benzene rings is 1. The predicted octanol–water partition coefficient (Wildman–Crippen LogP) is 1.46. The summed E-state index contributed by atoms with van der Waals surface area (Å²) in [6.07, 6.45) is 0. The first-order chi connectivity index (χ1) is 7.95. The normalized spacial score (nSPS) is 10.1. The zero-order chi connectivity index (χ0) is 13.0. The molecule has 1 aromatic rings. The molecule has 0 aliphatic heterocycles. The Morgan fingerprint density at radius 3 is 2.65 bits per heavy atom. The Labute approximate surface area is 94.3 Å². The third kappa shape index (κ3) is 3.18. The van der Waals surface area contributed by atoms with Crippen molar-refractivity contribution in [2.45, 2.75) is 0 Å². The third-order valence-electron chi connectivity index (χ3n) is 1.78. The molecule has 0 saturated heterocycles. The minimum atomic E-state index is -1.31. The largest absolute Gasteiger partial charge is 0.375 e. The van der Waals surface area contributed by atoms with Crippen molar-refractivity contribution < 1.29 is 23.2 Å². The summed E-state index contributed by atoms with van der Waals surface area (Å²) in [5.41, 5.74) is -1.39. The molecule has 92 valence electrons. The second-order valence-electron chi connectivity index (χ2n) is 3.02. The summed E-state index contributed by atoms with van der Waals surface area (Å²) in [6, 6.07) is 0.943. The molecule has 1 amide bonds. The van der Waals surface area contributed by atoms with E-state index < -0.39 is 33.8 Å². The number of nitrogens with zero attached hydrogens (tertiary/aromatic N) is 1. The summed E-state index contributed by atoms with van der Waals surface area (Å²) in [4.78, 5) is 20.5. The summed E-state index contributed by atoms with van der Waals surface area (Å²) >= 11 is 0. The molecule has 17 heavy (non-hydrogen) atoms. The summed E-state index contributed by atoms with van der Waals surface area (Å²) in [6.45, 7) is -0.343. The highest BCUT2D eigenvalue weighted by Gasteiger charge is 2.19. The fraction of sp³-hybridized carbons (Fsp3) is 0.222. The third-order valence-corrected chi connectivity index (χ3v) is 1.78. The van der Waals surface area contributed by atoms with Gasteiger partial charge in [-0.1, -0.05) is 0 Å². The molecule has 8 heteroatoms. The van der Waals surface area contributed by atoms with Crippen LogP contribution in [0.4, 0.5) is 20.2 Å². The van der Waals surface area contributed by atoms with Gasteiger partial charge in [0.2, 0.25) is 11.7 Å². The van der Waals surface area contributed by atoms with Gasteiger partial charge in [-0.25, -0.2) is 4.39 Å². The number of rotatable bonds is 4. The van der Waals surface area contributed by atoms with Gasteiger partial charge in [0, 0.05) is 19.2 Å².